The van der Waals surface area contributed by atoms with Gasteiger partial charge in [-0.2, -0.15) is 0 Å². The lowest BCUT2D eigenvalue weighted by molar-refractivity contribution is 0.282. The zero-order valence-electron chi connectivity index (χ0n) is 11.7. The molecule has 1 N–H and O–H groups in total. The lowest BCUT2D eigenvalue weighted by atomic mass is 10.1. The van der Waals surface area contributed by atoms with E-state index in [1.54, 1.807) is 0 Å². The van der Waals surface area contributed by atoms with Crippen LogP contribution in [-0.2, 0) is 6.61 Å². The summed E-state index contributed by atoms with van der Waals surface area (Å²) >= 11 is 0. The van der Waals surface area contributed by atoms with E-state index in [4.69, 9.17) is 0 Å². The Balaban J connectivity index is 2.06. The summed E-state index contributed by atoms with van der Waals surface area (Å²) in [4.78, 5) is 4.68. The first-order valence-electron chi connectivity index (χ1n) is 6.70. The molecule has 2 rings (SSSR count). The Hall–Kier alpha value is -1.06. The summed E-state index contributed by atoms with van der Waals surface area (Å²) in [7, 11) is 4.31. The molecule has 100 valence electrons. The van der Waals surface area contributed by atoms with Crippen molar-refractivity contribution in [2.24, 2.45) is 5.92 Å². The summed E-state index contributed by atoms with van der Waals surface area (Å²) in [5, 5.41) is 9.46. The third-order valence-electron chi connectivity index (χ3n) is 3.84. The Labute approximate surface area is 110 Å². The van der Waals surface area contributed by atoms with Crippen LogP contribution in [-0.4, -0.2) is 43.7 Å². The normalized spacial score (nSPS) is 20.3. The van der Waals surface area contributed by atoms with Crippen molar-refractivity contribution in [3.05, 3.63) is 29.3 Å². The molecule has 1 aromatic carbocycles. The first kappa shape index (κ1) is 13.4. The minimum Gasteiger partial charge on any atom is -0.392 e. The fourth-order valence-electron chi connectivity index (χ4n) is 2.87. The Bertz CT molecular complexity index is 405. The zero-order valence-corrected chi connectivity index (χ0v) is 11.7. The van der Waals surface area contributed by atoms with Crippen LogP contribution in [0.2, 0.25) is 0 Å². The average Bonchev–Trinajstić information content (AvgIpc) is 2.74. The van der Waals surface area contributed by atoms with E-state index in [1.165, 1.54) is 25.1 Å². The number of hydrogen-bond acceptors (Lipinski definition) is 3. The first-order valence-corrected chi connectivity index (χ1v) is 6.70. The second kappa shape index (κ2) is 5.72. The number of hydrogen-bond donors (Lipinski definition) is 1. The summed E-state index contributed by atoms with van der Waals surface area (Å²) in [5.41, 5.74) is 3.40. The number of anilines is 1. The largest absolute Gasteiger partial charge is 0.392 e. The van der Waals surface area contributed by atoms with Crippen molar-refractivity contribution < 1.29 is 5.11 Å². The number of aliphatic hydroxyl groups excluding tert-OH is 1. The van der Waals surface area contributed by atoms with E-state index in [2.05, 4.69) is 49.0 Å². The maximum Gasteiger partial charge on any atom is 0.0702 e. The van der Waals surface area contributed by atoms with E-state index >= 15 is 0 Å². The molecule has 0 amide bonds. The van der Waals surface area contributed by atoms with Crippen LogP contribution in [0.3, 0.4) is 0 Å². The van der Waals surface area contributed by atoms with Gasteiger partial charge in [0.25, 0.3) is 0 Å². The van der Waals surface area contributed by atoms with Gasteiger partial charge in [0.2, 0.25) is 0 Å². The molecule has 0 bridgehead atoms. The molecule has 1 unspecified atom stereocenters. The van der Waals surface area contributed by atoms with Crippen LogP contribution in [0.5, 0.6) is 0 Å². The number of rotatable bonds is 4. The molecule has 0 spiro atoms. The third-order valence-corrected chi connectivity index (χ3v) is 3.84. The van der Waals surface area contributed by atoms with E-state index < -0.39 is 0 Å². The Morgan fingerprint density at radius 1 is 1.44 bits per heavy atom. The van der Waals surface area contributed by atoms with Gasteiger partial charge in [0.1, 0.15) is 0 Å². The summed E-state index contributed by atoms with van der Waals surface area (Å²) in [6, 6.07) is 6.32. The predicted octanol–water partition coefficient (Wildman–Crippen LogP) is 1.88. The third kappa shape index (κ3) is 3.03. The van der Waals surface area contributed by atoms with Crippen LogP contribution >= 0.6 is 0 Å². The van der Waals surface area contributed by atoms with Crippen LogP contribution in [0.15, 0.2) is 18.2 Å². The van der Waals surface area contributed by atoms with Gasteiger partial charge in [-0.15, -0.1) is 0 Å². The summed E-state index contributed by atoms with van der Waals surface area (Å²) < 4.78 is 0. The molecule has 0 saturated carbocycles. The van der Waals surface area contributed by atoms with Crippen molar-refractivity contribution in [1.82, 2.24) is 4.90 Å². The van der Waals surface area contributed by atoms with Gasteiger partial charge in [-0.3, -0.25) is 0 Å². The second-order valence-corrected chi connectivity index (χ2v) is 5.59. The molecular formula is C15H24N2O. The summed E-state index contributed by atoms with van der Waals surface area (Å²) in [5.74, 6) is 0.743. The highest BCUT2D eigenvalue weighted by molar-refractivity contribution is 5.54. The van der Waals surface area contributed by atoms with Crippen molar-refractivity contribution in [3.8, 4) is 0 Å². The van der Waals surface area contributed by atoms with Crippen molar-refractivity contribution in [2.45, 2.75) is 20.0 Å². The molecule has 0 aliphatic carbocycles. The molecule has 1 atom stereocenters. The second-order valence-electron chi connectivity index (χ2n) is 5.59. The van der Waals surface area contributed by atoms with Crippen molar-refractivity contribution >= 4 is 5.69 Å². The number of nitrogens with zero attached hydrogens (tertiary/aromatic N) is 2. The molecule has 3 heteroatoms. The highest BCUT2D eigenvalue weighted by Crippen LogP contribution is 2.24. The molecule has 0 aromatic heterocycles. The topological polar surface area (TPSA) is 26.7 Å². The van der Waals surface area contributed by atoms with Crippen molar-refractivity contribution in [3.63, 3.8) is 0 Å². The molecule has 1 fully saturated rings. The van der Waals surface area contributed by atoms with Gasteiger partial charge in [-0.1, -0.05) is 17.7 Å². The Kier molecular flexibility index (Phi) is 4.25. The molecule has 1 heterocycles. The average molecular weight is 248 g/mol. The molecular weight excluding hydrogens is 224 g/mol. The van der Waals surface area contributed by atoms with Gasteiger partial charge in [0.05, 0.1) is 6.61 Å². The number of aliphatic hydroxyl groups is 1. The molecule has 1 aromatic rings. The van der Waals surface area contributed by atoms with Crippen LogP contribution in [0.4, 0.5) is 5.69 Å². The maximum atomic E-state index is 9.46. The quantitative estimate of drug-likeness (QED) is 0.881. The standard InChI is InChI=1S/C15H24N2O/c1-12-4-5-15(14(8-12)11-18)17(3)10-13-6-7-16(2)9-13/h4-5,8,13,18H,6-7,9-11H2,1-3H3. The van der Waals surface area contributed by atoms with Gasteiger partial charge in [0.15, 0.2) is 0 Å². The van der Waals surface area contributed by atoms with Gasteiger partial charge in [0, 0.05) is 31.4 Å². The van der Waals surface area contributed by atoms with Gasteiger partial charge in [-0.25, -0.2) is 0 Å². The summed E-state index contributed by atoms with van der Waals surface area (Å²) in [6.07, 6.45) is 1.28. The highest BCUT2D eigenvalue weighted by atomic mass is 16.3. The number of benzene rings is 1. The van der Waals surface area contributed by atoms with E-state index in [-0.39, 0.29) is 6.61 Å². The minimum absolute atomic E-state index is 0.117. The van der Waals surface area contributed by atoms with Crippen LogP contribution in [0, 0.1) is 12.8 Å². The molecule has 1 aliphatic heterocycles. The fraction of sp³-hybridized carbons (Fsp3) is 0.600. The smallest absolute Gasteiger partial charge is 0.0702 e. The highest BCUT2D eigenvalue weighted by Gasteiger charge is 2.21. The lowest BCUT2D eigenvalue weighted by Gasteiger charge is -2.25. The van der Waals surface area contributed by atoms with Crippen LogP contribution in [0.25, 0.3) is 0 Å². The maximum absolute atomic E-state index is 9.46. The van der Waals surface area contributed by atoms with Gasteiger partial charge >= 0.3 is 0 Å². The minimum atomic E-state index is 0.117. The van der Waals surface area contributed by atoms with E-state index in [9.17, 15) is 5.11 Å². The van der Waals surface area contributed by atoms with Crippen molar-refractivity contribution in [1.29, 1.82) is 0 Å². The number of aryl methyl sites for hydroxylation is 1. The molecule has 1 aliphatic rings. The first-order chi connectivity index (χ1) is 8.60. The molecule has 0 radical (unpaired) electrons. The SMILES string of the molecule is Cc1ccc(N(C)CC2CCN(C)C2)c(CO)c1. The molecule has 3 nitrogen and oxygen atoms in total. The monoisotopic (exact) mass is 248 g/mol. The molecule has 18 heavy (non-hydrogen) atoms. The fourth-order valence-corrected chi connectivity index (χ4v) is 2.87. The van der Waals surface area contributed by atoms with Crippen LogP contribution in [0.1, 0.15) is 17.5 Å². The van der Waals surface area contributed by atoms with E-state index in [1.807, 2.05) is 0 Å². The van der Waals surface area contributed by atoms with E-state index in [0.29, 0.717) is 0 Å². The Morgan fingerprint density at radius 3 is 2.83 bits per heavy atom. The van der Waals surface area contributed by atoms with Crippen LogP contribution < -0.4 is 4.90 Å². The van der Waals surface area contributed by atoms with Crippen molar-refractivity contribution in [2.75, 3.05) is 38.6 Å². The van der Waals surface area contributed by atoms with Gasteiger partial charge < -0.3 is 14.9 Å². The van der Waals surface area contributed by atoms with E-state index in [0.717, 1.165) is 23.7 Å². The predicted molar refractivity (Wildman–Crippen MR) is 76.0 cm³/mol. The number of likely N-dealkylation sites (tertiary alicyclic amines) is 1. The lowest BCUT2D eigenvalue weighted by Crippen LogP contribution is -2.28. The zero-order chi connectivity index (χ0) is 13.1. The van der Waals surface area contributed by atoms with Gasteiger partial charge in [-0.05, 0) is 38.9 Å². The Morgan fingerprint density at radius 2 is 2.22 bits per heavy atom. The molecule has 1 saturated heterocycles. The summed E-state index contributed by atoms with van der Waals surface area (Å²) in [6.45, 7) is 5.64.